The minimum Gasteiger partial charge on any atom is -0.497 e. The first-order chi connectivity index (χ1) is 13.1. The van der Waals surface area contributed by atoms with Crippen LogP contribution in [0.4, 0.5) is 11.4 Å². The van der Waals surface area contributed by atoms with Crippen LogP contribution in [0.3, 0.4) is 0 Å². The van der Waals surface area contributed by atoms with Crippen LogP contribution in [0, 0.1) is 0 Å². The number of methoxy groups -OCH3 is 1. The highest BCUT2D eigenvalue weighted by Gasteiger charge is 2.18. The lowest BCUT2D eigenvalue weighted by Gasteiger charge is -2.15. The van der Waals surface area contributed by atoms with Crippen molar-refractivity contribution in [3.8, 4) is 5.75 Å². The van der Waals surface area contributed by atoms with Crippen LogP contribution in [0.1, 0.15) is 23.3 Å². The Balaban J connectivity index is 1.76. The minimum absolute atomic E-state index is 0.264. The van der Waals surface area contributed by atoms with Crippen LogP contribution in [0.2, 0.25) is 0 Å². The predicted octanol–water partition coefficient (Wildman–Crippen LogP) is 3.34. The summed E-state index contributed by atoms with van der Waals surface area (Å²) in [6.07, 6.45) is 3.32. The average Bonchev–Trinajstić information content (AvgIpc) is 3.22. The number of ether oxygens (including phenoxy) is 1. The third-order valence-electron chi connectivity index (χ3n) is 4.06. The summed E-state index contributed by atoms with van der Waals surface area (Å²) in [6, 6.07) is 15.2. The normalized spacial score (nSPS) is 11.5. The Hall–Kier alpha value is -3.61. The molecule has 3 rings (SSSR count). The highest BCUT2D eigenvalue weighted by molar-refractivity contribution is 6.10. The third kappa shape index (κ3) is 4.33. The van der Waals surface area contributed by atoms with Crippen LogP contribution < -0.4 is 15.4 Å². The summed E-state index contributed by atoms with van der Waals surface area (Å²) in [5, 5.41) is 9.69. The van der Waals surface area contributed by atoms with E-state index in [1.54, 1.807) is 85.7 Å². The third-order valence-corrected chi connectivity index (χ3v) is 4.06. The largest absolute Gasteiger partial charge is 0.497 e. The summed E-state index contributed by atoms with van der Waals surface area (Å²) in [7, 11) is 1.56. The summed E-state index contributed by atoms with van der Waals surface area (Å²) in [4.78, 5) is 25.2. The number of rotatable bonds is 6. The zero-order valence-corrected chi connectivity index (χ0v) is 15.0. The monoisotopic (exact) mass is 364 g/mol. The molecule has 2 aromatic carbocycles. The average molecular weight is 364 g/mol. The maximum atomic E-state index is 12.7. The number of benzene rings is 2. The molecule has 1 unspecified atom stereocenters. The van der Waals surface area contributed by atoms with Gasteiger partial charge in [-0.2, -0.15) is 5.10 Å². The fourth-order valence-electron chi connectivity index (χ4n) is 2.56. The molecule has 3 aromatic rings. The zero-order chi connectivity index (χ0) is 19.2. The molecule has 1 aromatic heterocycles. The zero-order valence-electron chi connectivity index (χ0n) is 15.0. The number of hydrogen-bond donors (Lipinski definition) is 2. The molecule has 2 N–H and O–H groups in total. The summed E-state index contributed by atoms with van der Waals surface area (Å²) >= 11 is 0. The van der Waals surface area contributed by atoms with Gasteiger partial charge in [0.2, 0.25) is 5.91 Å². The lowest BCUT2D eigenvalue weighted by Crippen LogP contribution is -2.25. The number of nitrogens with one attached hydrogen (secondary N) is 2. The summed E-state index contributed by atoms with van der Waals surface area (Å²) in [5.41, 5.74) is 1.40. The molecule has 0 spiro atoms. The highest BCUT2D eigenvalue weighted by Crippen LogP contribution is 2.21. The van der Waals surface area contributed by atoms with Crippen molar-refractivity contribution in [3.05, 3.63) is 72.6 Å². The van der Waals surface area contributed by atoms with E-state index in [1.807, 2.05) is 0 Å². The molecule has 0 bridgehead atoms. The van der Waals surface area contributed by atoms with Crippen LogP contribution >= 0.6 is 0 Å². The van der Waals surface area contributed by atoms with Gasteiger partial charge in [0.1, 0.15) is 11.8 Å². The van der Waals surface area contributed by atoms with Gasteiger partial charge in [0.15, 0.2) is 0 Å². The van der Waals surface area contributed by atoms with Crippen molar-refractivity contribution in [2.75, 3.05) is 17.7 Å². The van der Waals surface area contributed by atoms with Gasteiger partial charge in [-0.25, -0.2) is 0 Å². The smallest absolute Gasteiger partial charge is 0.257 e. The molecule has 0 radical (unpaired) electrons. The molecule has 1 heterocycles. The Labute approximate surface area is 157 Å². The van der Waals surface area contributed by atoms with Gasteiger partial charge in [-0.05, 0) is 37.3 Å². The standard InChI is InChI=1S/C20H20N4O3/c1-14(24-12-6-11-21-24)19(25)23-18-10-4-3-9-17(18)20(26)22-15-7-5-8-16(13-15)27-2/h3-14H,1-2H3,(H,22,26)(H,23,25). The number of aromatic nitrogens is 2. The summed E-state index contributed by atoms with van der Waals surface area (Å²) < 4.78 is 6.71. The Morgan fingerprint density at radius 1 is 1.07 bits per heavy atom. The lowest BCUT2D eigenvalue weighted by atomic mass is 10.1. The Kier molecular flexibility index (Phi) is 5.51. The summed E-state index contributed by atoms with van der Waals surface area (Å²) in [5.74, 6) is 0.0497. The van der Waals surface area contributed by atoms with Gasteiger partial charge in [0.05, 0.1) is 18.4 Å². The molecule has 27 heavy (non-hydrogen) atoms. The van der Waals surface area contributed by atoms with Crippen LogP contribution in [-0.2, 0) is 4.79 Å². The predicted molar refractivity (Wildman–Crippen MR) is 103 cm³/mol. The maximum absolute atomic E-state index is 12.7. The highest BCUT2D eigenvalue weighted by atomic mass is 16.5. The van der Waals surface area contributed by atoms with E-state index in [4.69, 9.17) is 4.74 Å². The fourth-order valence-corrected chi connectivity index (χ4v) is 2.56. The molecule has 0 saturated heterocycles. The number of amides is 2. The Morgan fingerprint density at radius 3 is 2.63 bits per heavy atom. The molecule has 0 saturated carbocycles. The molecular weight excluding hydrogens is 344 g/mol. The number of hydrogen-bond acceptors (Lipinski definition) is 4. The quantitative estimate of drug-likeness (QED) is 0.702. The minimum atomic E-state index is -0.505. The molecule has 1 atom stereocenters. The number of carbonyl (C=O) groups is 2. The van der Waals surface area contributed by atoms with E-state index >= 15 is 0 Å². The van der Waals surface area contributed by atoms with Crippen molar-refractivity contribution in [2.45, 2.75) is 13.0 Å². The van der Waals surface area contributed by atoms with Crippen molar-refractivity contribution in [2.24, 2.45) is 0 Å². The molecule has 0 aliphatic rings. The van der Waals surface area contributed by atoms with E-state index in [9.17, 15) is 9.59 Å². The second kappa shape index (κ2) is 8.18. The maximum Gasteiger partial charge on any atom is 0.257 e. The molecule has 138 valence electrons. The Morgan fingerprint density at radius 2 is 1.89 bits per heavy atom. The topological polar surface area (TPSA) is 85.3 Å². The van der Waals surface area contributed by atoms with Crippen molar-refractivity contribution in [3.63, 3.8) is 0 Å². The van der Waals surface area contributed by atoms with Gasteiger partial charge in [-0.15, -0.1) is 0 Å². The van der Waals surface area contributed by atoms with Crippen molar-refractivity contribution >= 4 is 23.2 Å². The van der Waals surface area contributed by atoms with Gasteiger partial charge in [0, 0.05) is 24.1 Å². The SMILES string of the molecule is COc1cccc(NC(=O)c2ccccc2NC(=O)C(C)n2cccn2)c1. The van der Waals surface area contributed by atoms with Crippen LogP contribution in [-0.4, -0.2) is 28.7 Å². The first-order valence-corrected chi connectivity index (χ1v) is 8.43. The molecule has 0 aliphatic carbocycles. The molecular formula is C20H20N4O3. The molecule has 7 heteroatoms. The fraction of sp³-hybridized carbons (Fsp3) is 0.150. The number of carbonyl (C=O) groups excluding carboxylic acids is 2. The Bertz CT molecular complexity index is 938. The van der Waals surface area contributed by atoms with Crippen LogP contribution in [0.5, 0.6) is 5.75 Å². The van der Waals surface area contributed by atoms with Gasteiger partial charge in [0.25, 0.3) is 5.91 Å². The van der Waals surface area contributed by atoms with E-state index in [0.29, 0.717) is 22.7 Å². The van der Waals surface area contributed by atoms with Crippen LogP contribution in [0.25, 0.3) is 0 Å². The van der Waals surface area contributed by atoms with Crippen molar-refractivity contribution < 1.29 is 14.3 Å². The van der Waals surface area contributed by atoms with Gasteiger partial charge in [-0.3, -0.25) is 14.3 Å². The molecule has 0 fully saturated rings. The van der Waals surface area contributed by atoms with E-state index in [2.05, 4.69) is 15.7 Å². The van der Waals surface area contributed by atoms with E-state index in [0.717, 1.165) is 0 Å². The second-order valence-corrected chi connectivity index (χ2v) is 5.88. The van der Waals surface area contributed by atoms with E-state index < -0.39 is 6.04 Å². The van der Waals surface area contributed by atoms with Crippen LogP contribution in [0.15, 0.2) is 67.0 Å². The second-order valence-electron chi connectivity index (χ2n) is 5.88. The molecule has 2 amide bonds. The molecule has 0 aliphatic heterocycles. The van der Waals surface area contributed by atoms with Crippen molar-refractivity contribution in [1.29, 1.82) is 0 Å². The first-order valence-electron chi connectivity index (χ1n) is 8.43. The number of nitrogens with zero attached hydrogens (tertiary/aromatic N) is 2. The van der Waals surface area contributed by atoms with Gasteiger partial charge in [-0.1, -0.05) is 18.2 Å². The molecule has 7 nitrogen and oxygen atoms in total. The van der Waals surface area contributed by atoms with Gasteiger partial charge < -0.3 is 15.4 Å². The number of anilines is 2. The van der Waals surface area contributed by atoms with Gasteiger partial charge >= 0.3 is 0 Å². The summed E-state index contributed by atoms with van der Waals surface area (Å²) in [6.45, 7) is 1.74. The van der Waals surface area contributed by atoms with Crippen molar-refractivity contribution in [1.82, 2.24) is 9.78 Å². The van der Waals surface area contributed by atoms with E-state index in [1.165, 1.54) is 0 Å². The lowest BCUT2D eigenvalue weighted by molar-refractivity contribution is -0.119. The number of para-hydroxylation sites is 1. The first kappa shape index (κ1) is 18.2. The van der Waals surface area contributed by atoms with E-state index in [-0.39, 0.29) is 11.8 Å².